The van der Waals surface area contributed by atoms with Crippen LogP contribution in [0.1, 0.15) is 120 Å². The van der Waals surface area contributed by atoms with Crippen LogP contribution in [-0.4, -0.2) is 102 Å². The van der Waals surface area contributed by atoms with E-state index in [0.717, 1.165) is 12.0 Å². The van der Waals surface area contributed by atoms with Gasteiger partial charge >= 0.3 is 11.9 Å². The highest BCUT2D eigenvalue weighted by Gasteiger charge is 2.84. The summed E-state index contributed by atoms with van der Waals surface area (Å²) < 4.78 is 41.3. The first-order valence-electron chi connectivity index (χ1n) is 24.3. The third-order valence-corrected chi connectivity index (χ3v) is 15.8. The van der Waals surface area contributed by atoms with E-state index in [2.05, 4.69) is 30.9 Å². The fourth-order valence-electron chi connectivity index (χ4n) is 12.4. The number of carbonyl (C=O) groups excluding carboxylic acids is 5. The van der Waals surface area contributed by atoms with Crippen LogP contribution in [0.3, 0.4) is 0 Å². The number of amides is 1. The molecule has 13 heteroatoms. The zero-order chi connectivity index (χ0) is 49.1. The minimum atomic E-state index is -1.71. The number of Topliss-reactive ketones (excluding diaryl/α,β-unsaturated/α-hetero) is 2. The molecule has 0 aromatic heterocycles. The van der Waals surface area contributed by atoms with Gasteiger partial charge in [-0.15, -0.1) is 0 Å². The molecular formula is C56H62N2O11. The first-order valence-corrected chi connectivity index (χ1v) is 24.3. The summed E-state index contributed by atoms with van der Waals surface area (Å²) in [5.41, 5.74) is 0.894. The molecule has 2 aromatic carbocycles. The van der Waals surface area contributed by atoms with Crippen molar-refractivity contribution in [3.8, 4) is 17.2 Å². The van der Waals surface area contributed by atoms with Crippen molar-refractivity contribution in [3.63, 3.8) is 0 Å². The SMILES string of the molecule is COC(=O)C(C)=CCC12OC(C)(C)C3CC(C1=O)C1C4=C(OC5=C1C32Oc1c(CC=C(C)C)c2c(c(OC(=O)CC(=O)N3CCN(C)CC3)c15)C=CC(C)(CCC=C(C)C)O2)c1ccccc1C4=O. The van der Waals surface area contributed by atoms with E-state index in [9.17, 15) is 19.2 Å². The van der Waals surface area contributed by atoms with Crippen molar-refractivity contribution in [2.45, 2.75) is 116 Å². The Morgan fingerprint density at radius 3 is 2.29 bits per heavy atom. The molecule has 0 radical (unpaired) electrons. The van der Waals surface area contributed by atoms with E-state index >= 15 is 4.79 Å². The van der Waals surface area contributed by atoms with E-state index in [1.807, 2.05) is 72.0 Å². The Labute approximate surface area is 403 Å². The number of methoxy groups -OCH3 is 1. The maximum atomic E-state index is 15.9. The molecule has 4 bridgehead atoms. The normalized spacial score (nSPS) is 28.6. The topological polar surface area (TPSA) is 147 Å². The first-order chi connectivity index (χ1) is 32.8. The number of fused-ring (bicyclic) bond motifs is 5. The number of nitrogens with zero attached hydrogens (tertiary/aromatic N) is 2. The number of hydrogen-bond acceptors (Lipinski definition) is 12. The minimum absolute atomic E-state index is 0.0474. The summed E-state index contributed by atoms with van der Waals surface area (Å²) in [6, 6.07) is 7.28. The number of hydrogen-bond donors (Lipinski definition) is 0. The second-order valence-corrected chi connectivity index (χ2v) is 21.3. The summed E-state index contributed by atoms with van der Waals surface area (Å²) in [5, 5.41) is 0. The lowest BCUT2D eigenvalue weighted by molar-refractivity contribution is -0.181. The van der Waals surface area contributed by atoms with Crippen LogP contribution in [0, 0.1) is 17.8 Å². The van der Waals surface area contributed by atoms with Gasteiger partial charge in [0, 0.05) is 78.2 Å². The molecule has 6 unspecified atom stereocenters. The van der Waals surface area contributed by atoms with E-state index in [1.165, 1.54) is 12.7 Å². The van der Waals surface area contributed by atoms with Crippen molar-refractivity contribution in [2.75, 3.05) is 40.3 Å². The Bertz CT molecular complexity index is 2840. The lowest BCUT2D eigenvalue weighted by atomic mass is 9.45. The van der Waals surface area contributed by atoms with Crippen molar-refractivity contribution < 1.29 is 52.4 Å². The monoisotopic (exact) mass is 938 g/mol. The van der Waals surface area contributed by atoms with E-state index in [0.29, 0.717) is 107 Å². The van der Waals surface area contributed by atoms with Crippen molar-refractivity contribution in [3.05, 3.63) is 104 Å². The smallest absolute Gasteiger partial charge is 0.333 e. The summed E-state index contributed by atoms with van der Waals surface area (Å²) >= 11 is 0. The highest BCUT2D eigenvalue weighted by atomic mass is 16.6. The number of carbonyl (C=O) groups is 5. The zero-order valence-electron chi connectivity index (χ0n) is 41.4. The molecule has 5 fully saturated rings. The lowest BCUT2D eigenvalue weighted by Crippen LogP contribution is -2.75. The molecule has 362 valence electrons. The maximum Gasteiger partial charge on any atom is 0.333 e. The number of ketones is 2. The molecule has 2 aromatic rings. The average molecular weight is 939 g/mol. The minimum Gasteiger partial charge on any atom is -0.482 e. The van der Waals surface area contributed by atoms with Crippen molar-refractivity contribution in [2.24, 2.45) is 17.8 Å². The molecule has 69 heavy (non-hydrogen) atoms. The number of likely N-dealkylation sites (N-methyl/N-ethyl adjacent to an activating group) is 1. The molecule has 5 aliphatic heterocycles. The van der Waals surface area contributed by atoms with Gasteiger partial charge in [0.1, 0.15) is 40.6 Å². The predicted molar refractivity (Wildman–Crippen MR) is 258 cm³/mol. The van der Waals surface area contributed by atoms with Crippen molar-refractivity contribution in [1.29, 1.82) is 0 Å². The Balaban J connectivity index is 1.25. The maximum absolute atomic E-state index is 15.9. The Hall–Kier alpha value is -6.05. The number of ether oxygens (including phenoxy) is 6. The van der Waals surface area contributed by atoms with E-state index < -0.39 is 58.5 Å². The van der Waals surface area contributed by atoms with Gasteiger partial charge in [-0.1, -0.05) is 53.6 Å². The largest absolute Gasteiger partial charge is 0.482 e. The number of benzene rings is 2. The average Bonchev–Trinajstić information content (AvgIpc) is 3.66. The highest BCUT2D eigenvalue weighted by Crippen LogP contribution is 2.75. The quantitative estimate of drug-likeness (QED) is 0.0700. The summed E-state index contributed by atoms with van der Waals surface area (Å²) in [5.74, 6) is -2.63. The van der Waals surface area contributed by atoms with Crippen LogP contribution in [0.15, 0.2) is 76.4 Å². The zero-order valence-corrected chi connectivity index (χ0v) is 41.4. The van der Waals surface area contributed by atoms with Gasteiger partial charge in [-0.3, -0.25) is 19.2 Å². The molecular weight excluding hydrogens is 877 g/mol. The fourth-order valence-corrected chi connectivity index (χ4v) is 12.4. The van der Waals surface area contributed by atoms with Crippen molar-refractivity contribution >= 4 is 47.0 Å². The molecule has 1 amide bonds. The number of rotatable bonds is 11. The van der Waals surface area contributed by atoms with Crippen LogP contribution in [0.2, 0.25) is 0 Å². The molecule has 1 spiro atoms. The molecule has 4 aliphatic carbocycles. The molecule has 9 aliphatic rings. The molecule has 6 atom stereocenters. The molecule has 11 rings (SSSR count). The molecule has 0 N–H and O–H groups in total. The summed E-state index contributed by atoms with van der Waals surface area (Å²) in [4.78, 5) is 75.8. The van der Waals surface area contributed by atoms with Crippen LogP contribution >= 0.6 is 0 Å². The van der Waals surface area contributed by atoms with Crippen LogP contribution < -0.4 is 14.2 Å². The van der Waals surface area contributed by atoms with E-state index in [4.69, 9.17) is 28.4 Å². The molecule has 5 heterocycles. The fraction of sp³-hybridized carbons (Fsp3) is 0.482. The standard InChI is InChI=1S/C56H62N2O11/c1-30(2)14-13-21-54(8)22-20-36-46(67-54)35(18-17-31(3)4)49-43(48(36)65-40(60)29-39(59)58-26-24-57(9)25-27-58)50-44-41(42-45(61)33-15-11-12-16-34(33)47(42)66-50)37-28-38-53(6,7)69-55(51(37)62,56(38,44)68-49)23-19-32(5)52(63)64-10/h11-12,14-17,19-20,22,37-38,41H,13,18,21,23-29H2,1-10H3. The highest BCUT2D eigenvalue weighted by molar-refractivity contribution is 6.22. The van der Waals surface area contributed by atoms with Crippen LogP contribution in [0.5, 0.6) is 17.2 Å². The number of esters is 2. The third kappa shape index (κ3) is 7.03. The summed E-state index contributed by atoms with van der Waals surface area (Å²) in [7, 11) is 3.31. The van der Waals surface area contributed by atoms with Crippen molar-refractivity contribution in [1.82, 2.24) is 9.80 Å². The Kier molecular flexibility index (Phi) is 11.2. The van der Waals surface area contributed by atoms with Gasteiger partial charge in [0.2, 0.25) is 5.91 Å². The van der Waals surface area contributed by atoms with Gasteiger partial charge in [-0.25, -0.2) is 4.79 Å². The second kappa shape index (κ2) is 16.5. The van der Waals surface area contributed by atoms with E-state index in [-0.39, 0.29) is 35.4 Å². The van der Waals surface area contributed by atoms with Gasteiger partial charge in [-0.05, 0) is 100 Å². The predicted octanol–water partition coefficient (Wildman–Crippen LogP) is 8.55. The van der Waals surface area contributed by atoms with Crippen LogP contribution in [0.25, 0.3) is 17.6 Å². The van der Waals surface area contributed by atoms with Gasteiger partial charge in [0.15, 0.2) is 28.5 Å². The van der Waals surface area contributed by atoms with E-state index in [1.54, 1.807) is 24.0 Å². The first kappa shape index (κ1) is 46.7. The van der Waals surface area contributed by atoms with Gasteiger partial charge in [-0.2, -0.15) is 0 Å². The summed E-state index contributed by atoms with van der Waals surface area (Å²) in [6.45, 7) is 18.1. The number of piperazine rings is 1. The van der Waals surface area contributed by atoms with Gasteiger partial charge < -0.3 is 38.2 Å². The van der Waals surface area contributed by atoms with Crippen LogP contribution in [0.4, 0.5) is 0 Å². The van der Waals surface area contributed by atoms with Gasteiger partial charge in [0.25, 0.3) is 0 Å². The lowest BCUT2D eigenvalue weighted by Gasteiger charge is -2.62. The molecule has 3 saturated carbocycles. The van der Waals surface area contributed by atoms with Crippen LogP contribution in [-0.2, 0) is 39.8 Å². The second-order valence-electron chi connectivity index (χ2n) is 21.3. The summed E-state index contributed by atoms with van der Waals surface area (Å²) in [6.07, 6.45) is 11.3. The molecule has 2 saturated heterocycles. The van der Waals surface area contributed by atoms with Gasteiger partial charge in [0.05, 0.1) is 23.8 Å². The Morgan fingerprint density at radius 1 is 0.884 bits per heavy atom. The Morgan fingerprint density at radius 2 is 1.59 bits per heavy atom. The molecule has 13 nitrogen and oxygen atoms in total. The number of allylic oxidation sites excluding steroid dienone is 5. The third-order valence-electron chi connectivity index (χ3n) is 15.8.